The van der Waals surface area contributed by atoms with E-state index in [9.17, 15) is 55.9 Å². The third-order valence-electron chi connectivity index (χ3n) is 7.29. The molecule has 2 saturated heterocycles. The zero-order chi connectivity index (χ0) is 31.3. The quantitative estimate of drug-likeness (QED) is 0.140. The summed E-state index contributed by atoms with van der Waals surface area (Å²) in [7, 11) is 0. The lowest BCUT2D eigenvalue weighted by molar-refractivity contribution is -0.318. The van der Waals surface area contributed by atoms with Gasteiger partial charge in [0, 0.05) is 17.7 Å². The van der Waals surface area contributed by atoms with E-state index in [1.165, 1.54) is 13.0 Å². The van der Waals surface area contributed by atoms with Gasteiger partial charge in [-0.05, 0) is 25.1 Å². The highest BCUT2D eigenvalue weighted by Crippen LogP contribution is 2.39. The van der Waals surface area contributed by atoms with Gasteiger partial charge < -0.3 is 74.4 Å². The Kier molecular flexibility index (Phi) is 8.41. The Morgan fingerprint density at radius 1 is 0.744 bits per heavy atom. The molecule has 1 unspecified atom stereocenters. The van der Waals surface area contributed by atoms with Gasteiger partial charge in [-0.1, -0.05) is 0 Å². The lowest BCUT2D eigenvalue weighted by atomic mass is 9.98. The van der Waals surface area contributed by atoms with E-state index in [0.29, 0.717) is 0 Å². The smallest absolute Gasteiger partial charge is 0.239 e. The molecule has 5 rings (SSSR count). The van der Waals surface area contributed by atoms with E-state index in [0.717, 1.165) is 24.3 Å². The van der Waals surface area contributed by atoms with E-state index in [4.69, 9.17) is 23.4 Å². The van der Waals surface area contributed by atoms with Crippen LogP contribution in [0, 0.1) is 0 Å². The summed E-state index contributed by atoms with van der Waals surface area (Å²) in [6, 6.07) is 5.24. The summed E-state index contributed by atoms with van der Waals surface area (Å²) in [5.74, 6) is -3.33. The number of phenolic OH excluding ortho intramolecular Hbond substituents is 4. The monoisotopic (exact) mass is 610 g/mol. The van der Waals surface area contributed by atoms with Crippen LogP contribution in [0.4, 0.5) is 0 Å². The fraction of sp³-hybridized carbons (Fsp3) is 0.444. The average molecular weight is 611 g/mol. The van der Waals surface area contributed by atoms with Crippen molar-refractivity contribution in [2.75, 3.05) is 6.61 Å². The van der Waals surface area contributed by atoms with Crippen LogP contribution < -0.4 is 10.2 Å². The molecule has 2 fully saturated rings. The van der Waals surface area contributed by atoms with Crippen LogP contribution in [-0.2, 0) is 14.2 Å². The fourth-order valence-corrected chi connectivity index (χ4v) is 4.84. The van der Waals surface area contributed by atoms with Crippen LogP contribution in [0.1, 0.15) is 6.92 Å². The first-order valence-electron chi connectivity index (χ1n) is 13.0. The largest absolute Gasteiger partial charge is 0.508 e. The van der Waals surface area contributed by atoms with Crippen molar-refractivity contribution in [2.45, 2.75) is 68.3 Å². The summed E-state index contributed by atoms with van der Waals surface area (Å²) in [6.45, 7) is 0.818. The van der Waals surface area contributed by atoms with Crippen molar-refractivity contribution in [1.29, 1.82) is 0 Å². The summed E-state index contributed by atoms with van der Waals surface area (Å²) < 4.78 is 27.8. The Hall–Kier alpha value is -3.71. The first kappa shape index (κ1) is 30.7. The van der Waals surface area contributed by atoms with Gasteiger partial charge in [0.15, 0.2) is 23.5 Å². The zero-order valence-corrected chi connectivity index (χ0v) is 22.3. The van der Waals surface area contributed by atoms with Gasteiger partial charge in [0.25, 0.3) is 0 Å². The zero-order valence-electron chi connectivity index (χ0n) is 22.3. The van der Waals surface area contributed by atoms with Gasteiger partial charge in [0.2, 0.25) is 17.5 Å². The maximum atomic E-state index is 13.6. The van der Waals surface area contributed by atoms with Gasteiger partial charge in [-0.25, -0.2) is 0 Å². The topological polar surface area (TPSA) is 269 Å². The van der Waals surface area contributed by atoms with Gasteiger partial charge in [-0.15, -0.1) is 0 Å². The minimum Gasteiger partial charge on any atom is -0.508 e. The molecule has 1 aromatic heterocycles. The molecule has 10 atom stereocenters. The Morgan fingerprint density at radius 3 is 2.12 bits per heavy atom. The highest BCUT2D eigenvalue weighted by atomic mass is 16.7. The highest BCUT2D eigenvalue weighted by Gasteiger charge is 2.47. The molecule has 0 saturated carbocycles. The number of aliphatic hydroxyl groups excluding tert-OH is 6. The van der Waals surface area contributed by atoms with Crippen LogP contribution in [0.3, 0.4) is 0 Å². The molecule has 2 aliphatic heterocycles. The minimum absolute atomic E-state index is 0.0313. The summed E-state index contributed by atoms with van der Waals surface area (Å²) in [4.78, 5) is 13.6. The number of benzene rings is 2. The number of hydrogen-bond donors (Lipinski definition) is 10. The Labute approximate surface area is 241 Å². The molecule has 0 aliphatic carbocycles. The third kappa shape index (κ3) is 5.67. The van der Waals surface area contributed by atoms with E-state index in [1.54, 1.807) is 0 Å². The van der Waals surface area contributed by atoms with Gasteiger partial charge in [0.05, 0.1) is 12.7 Å². The molecule has 0 amide bonds. The number of hydrogen-bond acceptors (Lipinski definition) is 16. The van der Waals surface area contributed by atoms with E-state index in [2.05, 4.69) is 0 Å². The van der Waals surface area contributed by atoms with E-state index in [-0.39, 0.29) is 11.1 Å². The second-order valence-corrected chi connectivity index (χ2v) is 10.3. The molecule has 43 heavy (non-hydrogen) atoms. The van der Waals surface area contributed by atoms with Crippen molar-refractivity contribution >= 4 is 11.0 Å². The number of phenols is 4. The van der Waals surface area contributed by atoms with Gasteiger partial charge in [-0.2, -0.15) is 0 Å². The summed E-state index contributed by atoms with van der Waals surface area (Å²) in [5, 5.41) is 101. The van der Waals surface area contributed by atoms with Crippen molar-refractivity contribution in [1.82, 2.24) is 0 Å². The lowest BCUT2D eigenvalue weighted by Crippen LogP contribution is -2.61. The van der Waals surface area contributed by atoms with Crippen molar-refractivity contribution in [3.05, 3.63) is 40.6 Å². The molecule has 234 valence electrons. The number of aliphatic hydroxyl groups is 6. The molecule has 3 heterocycles. The van der Waals surface area contributed by atoms with Crippen LogP contribution in [0.2, 0.25) is 0 Å². The number of rotatable bonds is 6. The summed E-state index contributed by atoms with van der Waals surface area (Å²) in [5.41, 5.74) is -1.35. The Balaban J connectivity index is 1.48. The van der Waals surface area contributed by atoms with E-state index in [1.807, 2.05) is 0 Å². The van der Waals surface area contributed by atoms with Crippen molar-refractivity contribution in [3.8, 4) is 40.1 Å². The third-order valence-corrected chi connectivity index (χ3v) is 7.29. The normalized spacial score (nSPS) is 33.0. The van der Waals surface area contributed by atoms with Crippen LogP contribution in [0.15, 0.2) is 39.5 Å². The number of aromatic hydroxyl groups is 4. The number of fused-ring (bicyclic) bond motifs is 1. The highest BCUT2D eigenvalue weighted by molar-refractivity contribution is 5.88. The second kappa shape index (κ2) is 11.8. The van der Waals surface area contributed by atoms with Crippen LogP contribution in [0.5, 0.6) is 28.7 Å². The Morgan fingerprint density at radius 2 is 1.42 bits per heavy atom. The average Bonchev–Trinajstić information content (AvgIpc) is 2.96. The predicted molar refractivity (Wildman–Crippen MR) is 140 cm³/mol. The van der Waals surface area contributed by atoms with Crippen LogP contribution in [0.25, 0.3) is 22.3 Å². The van der Waals surface area contributed by atoms with Crippen LogP contribution >= 0.6 is 0 Å². The molecule has 16 nitrogen and oxygen atoms in total. The predicted octanol–water partition coefficient (Wildman–Crippen LogP) is -1.69. The van der Waals surface area contributed by atoms with Gasteiger partial charge >= 0.3 is 0 Å². The molecule has 2 aliphatic rings. The fourth-order valence-electron chi connectivity index (χ4n) is 4.84. The first-order chi connectivity index (χ1) is 20.3. The van der Waals surface area contributed by atoms with Gasteiger partial charge in [0.1, 0.15) is 65.2 Å². The van der Waals surface area contributed by atoms with Crippen molar-refractivity contribution in [3.63, 3.8) is 0 Å². The summed E-state index contributed by atoms with van der Waals surface area (Å²) in [6.07, 6.45) is -16.2. The molecule has 2 aromatic carbocycles. The van der Waals surface area contributed by atoms with Crippen molar-refractivity contribution < 1.29 is 74.4 Å². The molecule has 0 radical (unpaired) electrons. The number of ether oxygens (including phenoxy) is 4. The van der Waals surface area contributed by atoms with Crippen molar-refractivity contribution in [2.24, 2.45) is 0 Å². The molecule has 10 N–H and O–H groups in total. The van der Waals surface area contributed by atoms with E-state index >= 15 is 0 Å². The SMILES string of the molecule is C[C@@H]1OC(OC[C@H]2O[C@@H](Oc3c(-c4ccc(O)c(O)c4)oc4cc(O)cc(O)c4c3=O)[C@H](O)[C@@H](O)[C@@H]2O)[C@H](O)[C@H](O)[C@H]1O. The Bertz CT molecular complexity index is 1540. The van der Waals surface area contributed by atoms with Crippen LogP contribution in [-0.4, -0.2) is 119 Å². The van der Waals surface area contributed by atoms with Gasteiger partial charge in [-0.3, -0.25) is 4.79 Å². The molecule has 16 heteroatoms. The maximum absolute atomic E-state index is 13.6. The molecule has 3 aromatic rings. The lowest BCUT2D eigenvalue weighted by Gasteiger charge is -2.42. The standard InChI is InChI=1S/C27H30O16/c1-8-17(32)20(35)22(37)26(40-8)39-7-15-18(33)21(36)23(38)27(42-15)43-25-19(34)16-13(31)5-10(28)6-14(16)41-24(25)9-2-3-11(29)12(30)4-9/h2-6,8,15,17-18,20-23,26-33,35-38H,7H2,1H3/t8-,15+,17-,18+,20+,21-,22+,23+,26?,27-/m0/s1. The molecular formula is C27H30O16. The molecule has 0 spiro atoms. The second-order valence-electron chi connectivity index (χ2n) is 10.3. The minimum atomic E-state index is -1.97. The first-order valence-corrected chi connectivity index (χ1v) is 13.0. The maximum Gasteiger partial charge on any atom is 0.239 e. The van der Waals surface area contributed by atoms with E-state index < -0.39 is 113 Å². The molecular weight excluding hydrogens is 580 g/mol. The summed E-state index contributed by atoms with van der Waals surface area (Å²) >= 11 is 0. The molecule has 0 bridgehead atoms.